The zero-order valence-electron chi connectivity index (χ0n) is 22.0. The van der Waals surface area contributed by atoms with Gasteiger partial charge in [-0.15, -0.1) is 0 Å². The standard InChI is InChI=1S/C26H31N7O4S/c1-5-8-20-23-24(33(29-20)22-9-6-7-12-27-22)26(34)31(3)25(28-23)19-17-18(10-11-21(19)37-4)38(35,36)32-15-13-30(2)14-16-32/h6-7,9-12,17H,5,8,13-16H2,1-4H3. The number of likely N-dealkylation sites (N-methyl/N-ethyl adjacent to an activating group) is 1. The first-order valence-corrected chi connectivity index (χ1v) is 14.0. The molecule has 4 aromatic rings. The van der Waals surface area contributed by atoms with E-state index in [1.165, 1.54) is 26.7 Å². The predicted octanol–water partition coefficient (Wildman–Crippen LogP) is 2.08. The molecule has 1 fully saturated rings. The normalized spacial score (nSPS) is 15.3. The maximum Gasteiger partial charge on any atom is 0.280 e. The molecular formula is C26H31N7O4S. The highest BCUT2D eigenvalue weighted by Crippen LogP contribution is 2.33. The quantitative estimate of drug-likeness (QED) is 0.352. The van der Waals surface area contributed by atoms with Crippen molar-refractivity contribution < 1.29 is 13.2 Å². The fourth-order valence-corrected chi connectivity index (χ4v) is 6.14. The zero-order valence-corrected chi connectivity index (χ0v) is 22.8. The molecule has 4 heterocycles. The second-order valence-corrected chi connectivity index (χ2v) is 11.3. The molecule has 0 N–H and O–H groups in total. The lowest BCUT2D eigenvalue weighted by Gasteiger charge is -2.31. The maximum atomic E-state index is 13.8. The van der Waals surface area contributed by atoms with Gasteiger partial charge in [-0.3, -0.25) is 9.36 Å². The van der Waals surface area contributed by atoms with Crippen LogP contribution >= 0.6 is 0 Å². The van der Waals surface area contributed by atoms with Gasteiger partial charge in [-0.05, 0) is 43.8 Å². The molecule has 38 heavy (non-hydrogen) atoms. The van der Waals surface area contributed by atoms with Gasteiger partial charge in [0.2, 0.25) is 10.0 Å². The van der Waals surface area contributed by atoms with Gasteiger partial charge < -0.3 is 9.64 Å². The van der Waals surface area contributed by atoms with Crippen molar-refractivity contribution >= 4 is 21.1 Å². The largest absolute Gasteiger partial charge is 0.496 e. The predicted molar refractivity (Wildman–Crippen MR) is 144 cm³/mol. The number of nitrogens with zero attached hydrogens (tertiary/aromatic N) is 7. The first-order valence-electron chi connectivity index (χ1n) is 12.5. The summed E-state index contributed by atoms with van der Waals surface area (Å²) in [5.74, 6) is 1.23. The van der Waals surface area contributed by atoms with Gasteiger partial charge in [-0.25, -0.2) is 23.1 Å². The Labute approximate surface area is 221 Å². The Morgan fingerprint density at radius 3 is 2.47 bits per heavy atom. The number of rotatable bonds is 7. The van der Waals surface area contributed by atoms with E-state index in [1.807, 2.05) is 20.0 Å². The fourth-order valence-electron chi connectivity index (χ4n) is 4.69. The summed E-state index contributed by atoms with van der Waals surface area (Å²) < 4.78 is 37.0. The van der Waals surface area contributed by atoms with Crippen molar-refractivity contribution in [3.63, 3.8) is 0 Å². The third-order valence-corrected chi connectivity index (χ3v) is 8.73. The van der Waals surface area contributed by atoms with Crippen LogP contribution in [0.15, 0.2) is 52.3 Å². The van der Waals surface area contributed by atoms with Crippen LogP contribution in [-0.2, 0) is 23.5 Å². The number of ether oxygens (including phenoxy) is 1. The monoisotopic (exact) mass is 537 g/mol. The van der Waals surface area contributed by atoms with Crippen LogP contribution in [0.25, 0.3) is 28.2 Å². The number of aryl methyl sites for hydroxylation is 1. The molecule has 1 saturated heterocycles. The molecule has 11 nitrogen and oxygen atoms in total. The lowest BCUT2D eigenvalue weighted by molar-refractivity contribution is 0.222. The molecular weight excluding hydrogens is 506 g/mol. The molecule has 0 bridgehead atoms. The van der Waals surface area contributed by atoms with Crippen molar-refractivity contribution in [2.75, 3.05) is 40.3 Å². The Morgan fingerprint density at radius 2 is 1.82 bits per heavy atom. The first-order chi connectivity index (χ1) is 18.3. The van der Waals surface area contributed by atoms with Gasteiger partial charge in [0.25, 0.3) is 5.56 Å². The molecule has 0 aliphatic carbocycles. The van der Waals surface area contributed by atoms with Crippen LogP contribution in [-0.4, -0.2) is 82.3 Å². The molecule has 12 heteroatoms. The summed E-state index contributed by atoms with van der Waals surface area (Å²) in [4.78, 5) is 25.2. The van der Waals surface area contributed by atoms with Crippen LogP contribution in [0.5, 0.6) is 5.75 Å². The summed E-state index contributed by atoms with van der Waals surface area (Å²) in [5.41, 5.74) is 1.55. The SMILES string of the molecule is CCCc1nn(-c2ccccn2)c2c(=O)n(C)c(-c3cc(S(=O)(=O)N4CCN(C)CC4)ccc3OC)nc12. The van der Waals surface area contributed by atoms with Gasteiger partial charge in [0, 0.05) is 39.4 Å². The second-order valence-electron chi connectivity index (χ2n) is 9.36. The van der Waals surface area contributed by atoms with Gasteiger partial charge in [0.05, 0.1) is 23.3 Å². The van der Waals surface area contributed by atoms with E-state index in [9.17, 15) is 13.2 Å². The molecule has 0 atom stereocenters. The van der Waals surface area contributed by atoms with Crippen molar-refractivity contribution in [2.24, 2.45) is 7.05 Å². The molecule has 1 aromatic carbocycles. The fraction of sp³-hybridized carbons (Fsp3) is 0.385. The average Bonchev–Trinajstić information content (AvgIpc) is 3.29. The van der Waals surface area contributed by atoms with E-state index >= 15 is 0 Å². The smallest absolute Gasteiger partial charge is 0.280 e. The van der Waals surface area contributed by atoms with Gasteiger partial charge in [0.15, 0.2) is 11.3 Å². The Morgan fingerprint density at radius 1 is 1.05 bits per heavy atom. The highest BCUT2D eigenvalue weighted by molar-refractivity contribution is 7.89. The summed E-state index contributed by atoms with van der Waals surface area (Å²) >= 11 is 0. The summed E-state index contributed by atoms with van der Waals surface area (Å²) in [6.45, 7) is 4.18. The number of hydrogen-bond donors (Lipinski definition) is 0. The minimum Gasteiger partial charge on any atom is -0.496 e. The number of hydrogen-bond acceptors (Lipinski definition) is 8. The number of sulfonamides is 1. The van der Waals surface area contributed by atoms with Crippen LogP contribution < -0.4 is 10.3 Å². The van der Waals surface area contributed by atoms with E-state index in [4.69, 9.17) is 14.8 Å². The van der Waals surface area contributed by atoms with Crippen LogP contribution in [0.2, 0.25) is 0 Å². The van der Waals surface area contributed by atoms with Crippen LogP contribution in [0, 0.1) is 0 Å². The summed E-state index contributed by atoms with van der Waals surface area (Å²) in [7, 11) is 1.35. The molecule has 1 aliphatic heterocycles. The maximum absolute atomic E-state index is 13.8. The molecule has 0 radical (unpaired) electrons. The van der Waals surface area contributed by atoms with Crippen molar-refractivity contribution in [3.05, 3.63) is 58.6 Å². The van der Waals surface area contributed by atoms with Crippen LogP contribution in [0.4, 0.5) is 0 Å². The summed E-state index contributed by atoms with van der Waals surface area (Å²) in [5, 5.41) is 4.69. The Bertz CT molecular complexity index is 1640. The highest BCUT2D eigenvalue weighted by atomic mass is 32.2. The number of piperazine rings is 1. The molecule has 3 aromatic heterocycles. The topological polar surface area (TPSA) is 115 Å². The third kappa shape index (κ3) is 4.48. The molecule has 0 unspecified atom stereocenters. The second kappa shape index (κ2) is 10.3. The molecule has 0 amide bonds. The van der Waals surface area contributed by atoms with Crippen molar-refractivity contribution in [1.29, 1.82) is 0 Å². The van der Waals surface area contributed by atoms with E-state index in [-0.39, 0.29) is 10.5 Å². The Hall–Kier alpha value is -3.61. The van der Waals surface area contributed by atoms with E-state index in [2.05, 4.69) is 9.88 Å². The zero-order chi connectivity index (χ0) is 27.0. The Kier molecular flexibility index (Phi) is 7.03. The van der Waals surface area contributed by atoms with Gasteiger partial charge in [0.1, 0.15) is 17.1 Å². The van der Waals surface area contributed by atoms with Crippen LogP contribution in [0.3, 0.4) is 0 Å². The number of fused-ring (bicyclic) bond motifs is 1. The minimum atomic E-state index is -3.74. The average molecular weight is 538 g/mol. The van der Waals surface area contributed by atoms with Crippen molar-refractivity contribution in [2.45, 2.75) is 24.7 Å². The van der Waals surface area contributed by atoms with Crippen molar-refractivity contribution in [1.82, 2.24) is 33.5 Å². The molecule has 0 spiro atoms. The Balaban J connectivity index is 1.70. The summed E-state index contributed by atoms with van der Waals surface area (Å²) in [6, 6.07) is 10.1. The van der Waals surface area contributed by atoms with Gasteiger partial charge >= 0.3 is 0 Å². The van der Waals surface area contributed by atoms with E-state index in [0.29, 0.717) is 72.3 Å². The van der Waals surface area contributed by atoms with Gasteiger partial charge in [-0.2, -0.15) is 9.40 Å². The lowest BCUT2D eigenvalue weighted by atomic mass is 10.1. The number of benzene rings is 1. The van der Waals surface area contributed by atoms with E-state index in [0.717, 1.165) is 6.42 Å². The number of aromatic nitrogens is 5. The van der Waals surface area contributed by atoms with Gasteiger partial charge in [-0.1, -0.05) is 19.4 Å². The summed E-state index contributed by atoms with van der Waals surface area (Å²) in [6.07, 6.45) is 3.07. The number of methoxy groups -OCH3 is 1. The molecule has 0 saturated carbocycles. The first kappa shape index (κ1) is 26.0. The molecule has 200 valence electrons. The highest BCUT2D eigenvalue weighted by Gasteiger charge is 2.29. The third-order valence-electron chi connectivity index (χ3n) is 6.84. The molecule has 1 aliphatic rings. The van der Waals surface area contributed by atoms with Crippen LogP contribution in [0.1, 0.15) is 19.0 Å². The molecule has 5 rings (SSSR count). The van der Waals surface area contributed by atoms with E-state index in [1.54, 1.807) is 37.5 Å². The van der Waals surface area contributed by atoms with E-state index < -0.39 is 10.0 Å². The lowest BCUT2D eigenvalue weighted by Crippen LogP contribution is -2.47. The minimum absolute atomic E-state index is 0.130. The van der Waals surface area contributed by atoms with Crippen molar-refractivity contribution in [3.8, 4) is 23.0 Å². The number of pyridine rings is 1.